The van der Waals surface area contributed by atoms with Crippen LogP contribution in [0.1, 0.15) is 6.92 Å². The molecule has 56 valence electrons. The van der Waals surface area contributed by atoms with Crippen molar-refractivity contribution >= 4 is 11.6 Å². The zero-order chi connectivity index (χ0) is 7.98. The third kappa shape index (κ3) is 4.43. The number of nitrogens with zero attached hydrogens (tertiary/aromatic N) is 1. The van der Waals surface area contributed by atoms with Crippen LogP contribution in [0, 0.1) is 12.3 Å². The molecule has 1 nitrogen and oxygen atoms in total. The molecule has 0 fully saturated rings. The van der Waals surface area contributed by atoms with Gasteiger partial charge in [-0.3, -0.25) is 4.90 Å². The largest absolute Gasteiger partial charge is 0.287 e. The molecule has 0 amide bonds. The van der Waals surface area contributed by atoms with E-state index in [1.165, 1.54) is 0 Å². The zero-order valence-electron chi connectivity index (χ0n) is 6.23. The quantitative estimate of drug-likeness (QED) is 0.562. The summed E-state index contributed by atoms with van der Waals surface area (Å²) in [6.07, 6.45) is 5.12. The summed E-state index contributed by atoms with van der Waals surface area (Å²) >= 11 is 5.58. The Labute approximate surface area is 67.7 Å². The molecule has 0 saturated carbocycles. The lowest BCUT2D eigenvalue weighted by molar-refractivity contribution is 0.357. The molecular formula is C8H12ClN. The monoisotopic (exact) mass is 157 g/mol. The molecule has 2 heteroatoms. The summed E-state index contributed by atoms with van der Waals surface area (Å²) in [5.41, 5.74) is 0. The summed E-state index contributed by atoms with van der Waals surface area (Å²) in [4.78, 5) is 2.04. The van der Waals surface area contributed by atoms with Gasteiger partial charge in [-0.25, -0.2) is 0 Å². The van der Waals surface area contributed by atoms with Gasteiger partial charge in [-0.15, -0.1) is 6.42 Å². The zero-order valence-corrected chi connectivity index (χ0v) is 6.99. The SMILES string of the molecule is C#CCN(CC)CC(=C)Cl. The van der Waals surface area contributed by atoms with E-state index in [1.54, 1.807) is 0 Å². The minimum Gasteiger partial charge on any atom is -0.287 e. The van der Waals surface area contributed by atoms with Gasteiger partial charge in [0.25, 0.3) is 0 Å². The van der Waals surface area contributed by atoms with Crippen LogP contribution >= 0.6 is 11.6 Å². The van der Waals surface area contributed by atoms with Crippen LogP contribution in [0.3, 0.4) is 0 Å². The maximum atomic E-state index is 5.58. The molecule has 0 bridgehead atoms. The van der Waals surface area contributed by atoms with Crippen molar-refractivity contribution in [2.24, 2.45) is 0 Å². The van der Waals surface area contributed by atoms with E-state index in [4.69, 9.17) is 18.0 Å². The molecule has 0 aromatic heterocycles. The van der Waals surface area contributed by atoms with Gasteiger partial charge in [-0.2, -0.15) is 0 Å². The molecule has 0 heterocycles. The van der Waals surface area contributed by atoms with Crippen molar-refractivity contribution in [3.05, 3.63) is 11.6 Å². The van der Waals surface area contributed by atoms with Gasteiger partial charge in [-0.05, 0) is 6.54 Å². The summed E-state index contributed by atoms with van der Waals surface area (Å²) in [5, 5.41) is 0.636. The Kier molecular flexibility index (Phi) is 5.10. The van der Waals surface area contributed by atoms with Crippen molar-refractivity contribution in [2.45, 2.75) is 6.92 Å². The Morgan fingerprint density at radius 2 is 2.40 bits per heavy atom. The Morgan fingerprint density at radius 1 is 1.80 bits per heavy atom. The summed E-state index contributed by atoms with van der Waals surface area (Å²) in [7, 11) is 0. The van der Waals surface area contributed by atoms with Crippen LogP contribution in [-0.4, -0.2) is 24.5 Å². The predicted molar refractivity (Wildman–Crippen MR) is 45.9 cm³/mol. The minimum atomic E-state index is 0.636. The maximum Gasteiger partial charge on any atom is 0.0602 e. The van der Waals surface area contributed by atoms with Crippen LogP contribution in [0.4, 0.5) is 0 Å². The third-order valence-corrected chi connectivity index (χ3v) is 1.28. The molecule has 0 radical (unpaired) electrons. The van der Waals surface area contributed by atoms with Crippen LogP contribution in [-0.2, 0) is 0 Å². The van der Waals surface area contributed by atoms with E-state index < -0.39 is 0 Å². The smallest absolute Gasteiger partial charge is 0.0602 e. The number of likely N-dealkylation sites (N-methyl/N-ethyl adjacent to an activating group) is 1. The van der Waals surface area contributed by atoms with E-state index in [9.17, 15) is 0 Å². The first-order valence-corrected chi connectivity index (χ1v) is 3.57. The van der Waals surface area contributed by atoms with Crippen LogP contribution in [0.25, 0.3) is 0 Å². The highest BCUT2D eigenvalue weighted by atomic mass is 35.5. The second-order valence-electron chi connectivity index (χ2n) is 2.02. The first-order chi connectivity index (χ1) is 4.70. The van der Waals surface area contributed by atoms with Crippen molar-refractivity contribution in [2.75, 3.05) is 19.6 Å². The molecule has 0 unspecified atom stereocenters. The Balaban J connectivity index is 3.62. The summed E-state index contributed by atoms with van der Waals surface area (Å²) in [6.45, 7) is 7.86. The van der Waals surface area contributed by atoms with Crippen LogP contribution in [0.15, 0.2) is 11.6 Å². The van der Waals surface area contributed by atoms with Crippen molar-refractivity contribution in [1.29, 1.82) is 0 Å². The average molecular weight is 158 g/mol. The summed E-state index contributed by atoms with van der Waals surface area (Å²) in [6, 6.07) is 0. The number of hydrogen-bond donors (Lipinski definition) is 0. The van der Waals surface area contributed by atoms with Crippen LogP contribution < -0.4 is 0 Å². The fourth-order valence-electron chi connectivity index (χ4n) is 0.651. The lowest BCUT2D eigenvalue weighted by atomic mass is 10.4. The molecule has 0 aliphatic heterocycles. The van der Waals surface area contributed by atoms with E-state index in [1.807, 2.05) is 11.8 Å². The van der Waals surface area contributed by atoms with Gasteiger partial charge in [0.1, 0.15) is 0 Å². The number of hydrogen-bond acceptors (Lipinski definition) is 1. The van der Waals surface area contributed by atoms with E-state index >= 15 is 0 Å². The van der Waals surface area contributed by atoms with Crippen LogP contribution in [0.5, 0.6) is 0 Å². The van der Waals surface area contributed by atoms with Crippen molar-refractivity contribution in [1.82, 2.24) is 4.90 Å². The minimum absolute atomic E-state index is 0.636. The fraction of sp³-hybridized carbons (Fsp3) is 0.500. The summed E-state index contributed by atoms with van der Waals surface area (Å²) < 4.78 is 0. The number of terminal acetylenes is 1. The number of rotatable bonds is 4. The van der Waals surface area contributed by atoms with Gasteiger partial charge < -0.3 is 0 Å². The third-order valence-electron chi connectivity index (χ3n) is 1.16. The van der Waals surface area contributed by atoms with E-state index in [2.05, 4.69) is 12.5 Å². The molecule has 0 rings (SSSR count). The molecular weight excluding hydrogens is 146 g/mol. The van der Waals surface area contributed by atoms with Crippen molar-refractivity contribution in [3.8, 4) is 12.3 Å². The predicted octanol–water partition coefficient (Wildman–Crippen LogP) is 1.69. The fourth-order valence-corrected chi connectivity index (χ4v) is 0.820. The topological polar surface area (TPSA) is 3.24 Å². The van der Waals surface area contributed by atoms with E-state index in [0.717, 1.165) is 6.54 Å². The second-order valence-corrected chi connectivity index (χ2v) is 2.56. The van der Waals surface area contributed by atoms with Gasteiger partial charge in [0.2, 0.25) is 0 Å². The molecule has 0 atom stereocenters. The molecule has 10 heavy (non-hydrogen) atoms. The van der Waals surface area contributed by atoms with Gasteiger partial charge in [0, 0.05) is 11.6 Å². The van der Waals surface area contributed by atoms with Crippen molar-refractivity contribution in [3.63, 3.8) is 0 Å². The molecule has 0 spiro atoms. The normalized spacial score (nSPS) is 9.40. The Hall–Kier alpha value is -0.450. The highest BCUT2D eigenvalue weighted by molar-refractivity contribution is 6.29. The van der Waals surface area contributed by atoms with E-state index in [0.29, 0.717) is 18.1 Å². The molecule has 0 aliphatic carbocycles. The lowest BCUT2D eigenvalue weighted by Crippen LogP contribution is -2.24. The maximum absolute atomic E-state index is 5.58. The van der Waals surface area contributed by atoms with Gasteiger partial charge >= 0.3 is 0 Å². The van der Waals surface area contributed by atoms with Crippen LogP contribution in [0.2, 0.25) is 0 Å². The van der Waals surface area contributed by atoms with Crippen molar-refractivity contribution < 1.29 is 0 Å². The first-order valence-electron chi connectivity index (χ1n) is 3.19. The summed E-state index contributed by atoms with van der Waals surface area (Å²) in [5.74, 6) is 2.55. The second kappa shape index (κ2) is 5.34. The Bertz CT molecular complexity index is 146. The highest BCUT2D eigenvalue weighted by Crippen LogP contribution is 1.99. The van der Waals surface area contributed by atoms with E-state index in [-0.39, 0.29) is 0 Å². The van der Waals surface area contributed by atoms with Gasteiger partial charge in [-0.1, -0.05) is 31.0 Å². The molecule has 0 saturated heterocycles. The standard InChI is InChI=1S/C8H12ClN/c1-4-6-10(5-2)7-8(3)9/h1H,3,5-7H2,2H3. The first kappa shape index (κ1) is 9.55. The molecule has 0 aromatic rings. The molecule has 0 aromatic carbocycles. The number of halogens is 1. The van der Waals surface area contributed by atoms with Gasteiger partial charge in [0.15, 0.2) is 0 Å². The molecule has 0 N–H and O–H groups in total. The Morgan fingerprint density at radius 3 is 2.70 bits per heavy atom. The molecule has 0 aliphatic rings. The lowest BCUT2D eigenvalue weighted by Gasteiger charge is -2.15. The highest BCUT2D eigenvalue weighted by Gasteiger charge is 1.99. The van der Waals surface area contributed by atoms with Gasteiger partial charge in [0.05, 0.1) is 6.54 Å². The average Bonchev–Trinajstić information content (AvgIpc) is 1.86.